The fraction of sp³-hybridized carbons (Fsp3) is 0.333. The van der Waals surface area contributed by atoms with Crippen molar-refractivity contribution in [3.05, 3.63) is 52.8 Å². The number of rotatable bonds is 2. The summed E-state index contributed by atoms with van der Waals surface area (Å²) in [4.78, 5) is 14.4. The van der Waals surface area contributed by atoms with Crippen LogP contribution in [0.5, 0.6) is 0 Å². The zero-order valence-corrected chi connectivity index (χ0v) is 11.3. The Morgan fingerprint density at radius 1 is 1.26 bits per heavy atom. The van der Waals surface area contributed by atoms with Crippen molar-refractivity contribution >= 4 is 5.91 Å². The van der Waals surface area contributed by atoms with Gasteiger partial charge in [0.1, 0.15) is 0 Å². The first-order chi connectivity index (χ1) is 9.16. The van der Waals surface area contributed by atoms with Gasteiger partial charge in [-0.3, -0.25) is 9.48 Å². The number of nitrogens with zero attached hydrogens (tertiary/aromatic N) is 3. The van der Waals surface area contributed by atoms with E-state index in [9.17, 15) is 4.79 Å². The summed E-state index contributed by atoms with van der Waals surface area (Å²) in [7, 11) is 1.91. The molecule has 1 amide bonds. The van der Waals surface area contributed by atoms with Crippen molar-refractivity contribution in [1.29, 1.82) is 0 Å². The predicted octanol–water partition coefficient (Wildman–Crippen LogP) is 1.93. The van der Waals surface area contributed by atoms with Crippen molar-refractivity contribution in [3.8, 4) is 0 Å². The number of carbonyl (C=O) groups is 1. The number of benzene rings is 1. The second kappa shape index (κ2) is 4.53. The summed E-state index contributed by atoms with van der Waals surface area (Å²) in [5.74, 6) is 0.107. The minimum absolute atomic E-state index is 0.107. The maximum Gasteiger partial charge on any atom is 0.257 e. The van der Waals surface area contributed by atoms with Crippen LogP contribution in [0.3, 0.4) is 0 Å². The molecule has 19 heavy (non-hydrogen) atoms. The second-order valence-corrected chi connectivity index (χ2v) is 4.99. The predicted molar refractivity (Wildman–Crippen MR) is 72.8 cm³/mol. The van der Waals surface area contributed by atoms with Gasteiger partial charge in [-0.05, 0) is 12.5 Å². The van der Waals surface area contributed by atoms with Gasteiger partial charge >= 0.3 is 0 Å². The van der Waals surface area contributed by atoms with E-state index in [0.717, 1.165) is 29.9 Å². The smallest absolute Gasteiger partial charge is 0.257 e. The lowest BCUT2D eigenvalue weighted by Gasteiger charge is -2.27. The van der Waals surface area contributed by atoms with Gasteiger partial charge < -0.3 is 4.90 Å². The molecule has 0 saturated heterocycles. The third kappa shape index (κ3) is 2.03. The van der Waals surface area contributed by atoms with Gasteiger partial charge in [0.05, 0.1) is 17.0 Å². The molecule has 0 aliphatic carbocycles. The number of hydrogen-bond donors (Lipinski definition) is 0. The molecule has 0 bridgehead atoms. The van der Waals surface area contributed by atoms with E-state index in [0.29, 0.717) is 6.54 Å². The van der Waals surface area contributed by atoms with Gasteiger partial charge in [0.15, 0.2) is 0 Å². The van der Waals surface area contributed by atoms with Crippen LogP contribution in [-0.4, -0.2) is 27.1 Å². The molecule has 0 atom stereocenters. The Bertz CT molecular complexity index is 616. The average Bonchev–Trinajstić information content (AvgIpc) is 2.70. The van der Waals surface area contributed by atoms with Crippen LogP contribution in [-0.2, 0) is 20.0 Å². The summed E-state index contributed by atoms with van der Waals surface area (Å²) < 4.78 is 1.84. The molecule has 3 rings (SSSR count). The number of hydrogen-bond acceptors (Lipinski definition) is 2. The highest BCUT2D eigenvalue weighted by atomic mass is 16.2. The van der Waals surface area contributed by atoms with Gasteiger partial charge in [-0.2, -0.15) is 5.10 Å². The maximum atomic E-state index is 12.5. The lowest BCUT2D eigenvalue weighted by Crippen LogP contribution is -2.37. The summed E-state index contributed by atoms with van der Waals surface area (Å²) in [6.45, 7) is 3.34. The first kappa shape index (κ1) is 12.0. The summed E-state index contributed by atoms with van der Waals surface area (Å²) >= 11 is 0. The molecule has 0 fully saturated rings. The monoisotopic (exact) mass is 255 g/mol. The van der Waals surface area contributed by atoms with Gasteiger partial charge in [-0.15, -0.1) is 0 Å². The molecule has 98 valence electrons. The molecule has 1 aliphatic heterocycles. The molecule has 2 heterocycles. The normalized spacial score (nSPS) is 14.6. The Hall–Kier alpha value is -2.10. The molecule has 2 aromatic rings. The van der Waals surface area contributed by atoms with Crippen LogP contribution in [0.2, 0.25) is 0 Å². The Labute approximate surface area is 112 Å². The molecule has 0 saturated carbocycles. The second-order valence-electron chi connectivity index (χ2n) is 4.99. The van der Waals surface area contributed by atoms with Crippen LogP contribution in [0.25, 0.3) is 0 Å². The lowest BCUT2D eigenvalue weighted by molar-refractivity contribution is 0.0724. The zero-order valence-electron chi connectivity index (χ0n) is 11.3. The van der Waals surface area contributed by atoms with E-state index >= 15 is 0 Å². The summed E-state index contributed by atoms with van der Waals surface area (Å²) in [6.07, 6.45) is 0.880. The van der Waals surface area contributed by atoms with E-state index in [1.165, 1.54) is 5.56 Å². The molecule has 0 spiro atoms. The third-order valence-corrected chi connectivity index (χ3v) is 3.68. The quantitative estimate of drug-likeness (QED) is 0.822. The van der Waals surface area contributed by atoms with Crippen LogP contribution in [0.1, 0.15) is 27.3 Å². The standard InChI is InChI=1S/C15H17N3O/c1-11-14-13(17(2)16-11)8-9-18(15(14)19)10-12-6-4-3-5-7-12/h3-7H,8-10H2,1-2H3. The number of carbonyl (C=O) groups excluding carboxylic acids is 1. The summed E-state index contributed by atoms with van der Waals surface area (Å²) in [6, 6.07) is 10.1. The first-order valence-electron chi connectivity index (χ1n) is 6.52. The Balaban J connectivity index is 1.88. The topological polar surface area (TPSA) is 38.1 Å². The molecule has 1 aromatic carbocycles. The van der Waals surface area contributed by atoms with Gasteiger partial charge in [-0.1, -0.05) is 30.3 Å². The molecular formula is C15H17N3O. The van der Waals surface area contributed by atoms with Crippen LogP contribution in [0, 0.1) is 6.92 Å². The number of aryl methyl sites for hydroxylation is 2. The minimum Gasteiger partial charge on any atom is -0.334 e. The van der Waals surface area contributed by atoms with E-state index in [1.54, 1.807) is 0 Å². The van der Waals surface area contributed by atoms with Crippen LogP contribution in [0.15, 0.2) is 30.3 Å². The molecule has 1 aromatic heterocycles. The van der Waals surface area contributed by atoms with Crippen LogP contribution >= 0.6 is 0 Å². The highest BCUT2D eigenvalue weighted by molar-refractivity contribution is 5.97. The summed E-state index contributed by atoms with van der Waals surface area (Å²) in [5, 5.41) is 4.35. The largest absolute Gasteiger partial charge is 0.334 e. The molecule has 0 N–H and O–H groups in total. The van der Waals surface area contributed by atoms with Gasteiger partial charge in [0.25, 0.3) is 5.91 Å². The highest BCUT2D eigenvalue weighted by Gasteiger charge is 2.29. The van der Waals surface area contributed by atoms with Gasteiger partial charge in [0, 0.05) is 26.6 Å². The average molecular weight is 255 g/mol. The van der Waals surface area contributed by atoms with E-state index in [2.05, 4.69) is 17.2 Å². The number of amides is 1. The zero-order chi connectivity index (χ0) is 13.4. The molecular weight excluding hydrogens is 238 g/mol. The van der Waals surface area contributed by atoms with Crippen molar-refractivity contribution in [2.24, 2.45) is 7.05 Å². The molecule has 0 unspecified atom stereocenters. The molecule has 0 radical (unpaired) electrons. The van der Waals surface area contributed by atoms with Crippen LogP contribution < -0.4 is 0 Å². The Morgan fingerprint density at radius 2 is 2.00 bits per heavy atom. The molecule has 4 nitrogen and oxygen atoms in total. The van der Waals surface area contributed by atoms with E-state index in [4.69, 9.17) is 0 Å². The first-order valence-corrected chi connectivity index (χ1v) is 6.52. The van der Waals surface area contributed by atoms with Gasteiger partial charge in [-0.25, -0.2) is 0 Å². The Kier molecular flexibility index (Phi) is 2.85. The number of aromatic nitrogens is 2. The van der Waals surface area contributed by atoms with Crippen molar-refractivity contribution in [2.75, 3.05) is 6.54 Å². The van der Waals surface area contributed by atoms with Crippen molar-refractivity contribution in [2.45, 2.75) is 19.9 Å². The maximum absolute atomic E-state index is 12.5. The summed E-state index contributed by atoms with van der Waals surface area (Å²) in [5.41, 5.74) is 3.86. The van der Waals surface area contributed by atoms with Gasteiger partial charge in [0.2, 0.25) is 0 Å². The Morgan fingerprint density at radius 3 is 2.74 bits per heavy atom. The number of fused-ring (bicyclic) bond motifs is 1. The highest BCUT2D eigenvalue weighted by Crippen LogP contribution is 2.22. The van der Waals surface area contributed by atoms with Crippen molar-refractivity contribution < 1.29 is 4.79 Å². The van der Waals surface area contributed by atoms with Crippen molar-refractivity contribution in [1.82, 2.24) is 14.7 Å². The van der Waals surface area contributed by atoms with Crippen molar-refractivity contribution in [3.63, 3.8) is 0 Å². The van der Waals surface area contributed by atoms with E-state index in [-0.39, 0.29) is 5.91 Å². The van der Waals surface area contributed by atoms with E-state index < -0.39 is 0 Å². The lowest BCUT2D eigenvalue weighted by atomic mass is 10.0. The van der Waals surface area contributed by atoms with Crippen LogP contribution in [0.4, 0.5) is 0 Å². The molecule has 4 heteroatoms. The SMILES string of the molecule is Cc1nn(C)c2c1C(=O)N(Cc1ccccc1)CC2. The van der Waals surface area contributed by atoms with E-state index in [1.807, 2.05) is 41.8 Å². The molecule has 1 aliphatic rings. The fourth-order valence-corrected chi connectivity index (χ4v) is 2.73. The fourth-order valence-electron chi connectivity index (χ4n) is 2.73. The minimum atomic E-state index is 0.107. The third-order valence-electron chi connectivity index (χ3n) is 3.68.